The molecule has 4 aromatic rings. The minimum Gasteiger partial charge on any atom is -0.353 e. The van der Waals surface area contributed by atoms with Gasteiger partial charge in [0.25, 0.3) is 0 Å². The quantitative estimate of drug-likeness (QED) is 0.358. The molecule has 0 bridgehead atoms. The molecule has 4 aromatic carbocycles. The largest absolute Gasteiger partial charge is 0.353 e. The molecule has 0 aliphatic carbocycles. The third kappa shape index (κ3) is 4.15. The second-order valence-corrected chi connectivity index (χ2v) is 6.93. The van der Waals surface area contributed by atoms with Gasteiger partial charge in [-0.2, -0.15) is 0 Å². The van der Waals surface area contributed by atoms with Crippen LogP contribution in [0.1, 0.15) is 5.56 Å². The first-order valence-electron chi connectivity index (χ1n) is 9.45. The maximum Gasteiger partial charge on any atom is 0.149 e. The summed E-state index contributed by atoms with van der Waals surface area (Å²) < 4.78 is 41.6. The Bertz CT molecular complexity index is 1030. The molecule has 0 unspecified atom stereocenters. The lowest BCUT2D eigenvalue weighted by atomic mass is 10.0. The molecular weight excluding hydrogens is 385 g/mol. The Kier molecular flexibility index (Phi) is 5.44. The SMILES string of the molecule is Cc1cccc(F)c1Nc1ccc(-c2ccc(Nc3c(F)cccc3F)cc2)cc1. The van der Waals surface area contributed by atoms with Crippen molar-refractivity contribution in [1.29, 1.82) is 0 Å². The van der Waals surface area contributed by atoms with E-state index in [2.05, 4.69) is 10.6 Å². The highest BCUT2D eigenvalue weighted by Gasteiger charge is 2.09. The van der Waals surface area contributed by atoms with E-state index in [0.717, 1.165) is 22.4 Å². The molecule has 0 saturated heterocycles. The van der Waals surface area contributed by atoms with Crippen LogP contribution >= 0.6 is 0 Å². The van der Waals surface area contributed by atoms with Gasteiger partial charge in [-0.15, -0.1) is 0 Å². The first-order chi connectivity index (χ1) is 14.5. The minimum absolute atomic E-state index is 0.177. The summed E-state index contributed by atoms with van der Waals surface area (Å²) in [5.74, 6) is -1.59. The van der Waals surface area contributed by atoms with E-state index >= 15 is 0 Å². The van der Waals surface area contributed by atoms with Crippen LogP contribution in [0.5, 0.6) is 0 Å². The van der Waals surface area contributed by atoms with E-state index in [0.29, 0.717) is 11.4 Å². The molecule has 2 N–H and O–H groups in total. The van der Waals surface area contributed by atoms with Crippen molar-refractivity contribution in [3.63, 3.8) is 0 Å². The molecule has 2 nitrogen and oxygen atoms in total. The van der Waals surface area contributed by atoms with Gasteiger partial charge in [-0.05, 0) is 66.1 Å². The third-order valence-corrected chi connectivity index (χ3v) is 4.83. The minimum atomic E-state index is -0.646. The maximum absolute atomic E-state index is 14.0. The van der Waals surface area contributed by atoms with E-state index in [1.54, 1.807) is 18.2 Å². The van der Waals surface area contributed by atoms with Gasteiger partial charge in [0, 0.05) is 11.4 Å². The van der Waals surface area contributed by atoms with Crippen LogP contribution in [0, 0.1) is 24.4 Å². The number of para-hydroxylation sites is 2. The van der Waals surface area contributed by atoms with Gasteiger partial charge in [-0.3, -0.25) is 0 Å². The zero-order chi connectivity index (χ0) is 21.1. The molecule has 0 spiro atoms. The molecule has 0 amide bonds. The maximum atomic E-state index is 14.0. The van der Waals surface area contributed by atoms with Gasteiger partial charge >= 0.3 is 0 Å². The fourth-order valence-electron chi connectivity index (χ4n) is 3.19. The van der Waals surface area contributed by atoms with E-state index < -0.39 is 11.6 Å². The number of aryl methyl sites for hydroxylation is 1. The Morgan fingerprint density at radius 2 is 0.900 bits per heavy atom. The number of nitrogens with one attached hydrogen (secondary N) is 2. The Balaban J connectivity index is 1.49. The predicted octanol–water partition coefficient (Wildman–Crippen LogP) is 7.57. The summed E-state index contributed by atoms with van der Waals surface area (Å²) >= 11 is 0. The summed E-state index contributed by atoms with van der Waals surface area (Å²) in [4.78, 5) is 0. The second-order valence-electron chi connectivity index (χ2n) is 6.93. The van der Waals surface area contributed by atoms with Crippen LogP contribution < -0.4 is 10.6 Å². The Morgan fingerprint density at radius 3 is 1.37 bits per heavy atom. The Hall–Kier alpha value is -3.73. The fraction of sp³-hybridized carbons (Fsp3) is 0.0400. The van der Waals surface area contributed by atoms with Gasteiger partial charge in [0.1, 0.15) is 23.1 Å². The molecule has 150 valence electrons. The zero-order valence-electron chi connectivity index (χ0n) is 16.2. The highest BCUT2D eigenvalue weighted by Crippen LogP contribution is 2.28. The highest BCUT2D eigenvalue weighted by atomic mass is 19.1. The van der Waals surface area contributed by atoms with Gasteiger partial charge in [0.2, 0.25) is 0 Å². The van der Waals surface area contributed by atoms with Crippen LogP contribution in [0.15, 0.2) is 84.9 Å². The average Bonchev–Trinajstić information content (AvgIpc) is 2.75. The molecule has 30 heavy (non-hydrogen) atoms. The van der Waals surface area contributed by atoms with Crippen LogP contribution in [0.4, 0.5) is 35.9 Å². The van der Waals surface area contributed by atoms with Crippen molar-refractivity contribution in [2.45, 2.75) is 6.92 Å². The van der Waals surface area contributed by atoms with Crippen molar-refractivity contribution < 1.29 is 13.2 Å². The molecule has 0 aliphatic heterocycles. The molecule has 0 radical (unpaired) electrons. The first kappa shape index (κ1) is 19.6. The monoisotopic (exact) mass is 404 g/mol. The lowest BCUT2D eigenvalue weighted by molar-refractivity contribution is 0.591. The van der Waals surface area contributed by atoms with Crippen LogP contribution in [0.2, 0.25) is 0 Å². The van der Waals surface area contributed by atoms with Crippen LogP contribution in [-0.4, -0.2) is 0 Å². The molecule has 0 aliphatic rings. The summed E-state index contributed by atoms with van der Waals surface area (Å²) in [7, 11) is 0. The van der Waals surface area contributed by atoms with E-state index in [9.17, 15) is 13.2 Å². The number of hydrogen-bond acceptors (Lipinski definition) is 2. The number of hydrogen-bond donors (Lipinski definition) is 2. The van der Waals surface area contributed by atoms with Crippen molar-refractivity contribution in [1.82, 2.24) is 0 Å². The summed E-state index contributed by atoms with van der Waals surface area (Å²) in [6.45, 7) is 1.85. The van der Waals surface area contributed by atoms with E-state index in [-0.39, 0.29) is 11.5 Å². The van der Waals surface area contributed by atoms with Gasteiger partial charge in [-0.25, -0.2) is 13.2 Å². The van der Waals surface area contributed by atoms with Gasteiger partial charge in [0.15, 0.2) is 0 Å². The standard InChI is InChI=1S/C25H19F3N2/c1-16-4-2-5-21(26)24(16)29-19-12-8-17(9-13-19)18-10-14-20(15-11-18)30-25-22(27)6-3-7-23(25)28/h2-15,29-30H,1H3. The molecule has 0 saturated carbocycles. The predicted molar refractivity (Wildman–Crippen MR) is 116 cm³/mol. The second kappa shape index (κ2) is 8.33. The molecule has 0 heterocycles. The average molecular weight is 404 g/mol. The normalized spacial score (nSPS) is 10.7. The van der Waals surface area contributed by atoms with Crippen molar-refractivity contribution in [2.75, 3.05) is 10.6 Å². The Morgan fingerprint density at radius 1 is 0.500 bits per heavy atom. The first-order valence-corrected chi connectivity index (χ1v) is 9.45. The molecule has 5 heteroatoms. The van der Waals surface area contributed by atoms with Crippen molar-refractivity contribution in [3.8, 4) is 11.1 Å². The Labute approximate surface area is 173 Å². The number of anilines is 4. The van der Waals surface area contributed by atoms with Crippen LogP contribution in [0.3, 0.4) is 0 Å². The van der Waals surface area contributed by atoms with E-state index in [1.165, 1.54) is 24.3 Å². The molecule has 4 rings (SSSR count). The van der Waals surface area contributed by atoms with E-state index in [4.69, 9.17) is 0 Å². The third-order valence-electron chi connectivity index (χ3n) is 4.83. The van der Waals surface area contributed by atoms with Crippen molar-refractivity contribution in [3.05, 3.63) is 108 Å². The zero-order valence-corrected chi connectivity index (χ0v) is 16.2. The summed E-state index contributed by atoms with van der Waals surface area (Å²) in [6.07, 6.45) is 0. The lowest BCUT2D eigenvalue weighted by Crippen LogP contribution is -1.97. The molecule has 0 aromatic heterocycles. The fourth-order valence-corrected chi connectivity index (χ4v) is 3.19. The van der Waals surface area contributed by atoms with Crippen molar-refractivity contribution >= 4 is 22.7 Å². The topological polar surface area (TPSA) is 24.1 Å². The summed E-state index contributed by atoms with van der Waals surface area (Å²) in [5.41, 5.74) is 4.38. The molecular formula is C25H19F3N2. The highest BCUT2D eigenvalue weighted by molar-refractivity contribution is 5.72. The van der Waals surface area contributed by atoms with E-state index in [1.807, 2.05) is 49.4 Å². The number of halogens is 3. The van der Waals surface area contributed by atoms with Gasteiger partial charge < -0.3 is 10.6 Å². The lowest BCUT2D eigenvalue weighted by Gasteiger charge is -2.12. The van der Waals surface area contributed by atoms with Crippen molar-refractivity contribution in [2.24, 2.45) is 0 Å². The van der Waals surface area contributed by atoms with Gasteiger partial charge in [-0.1, -0.05) is 42.5 Å². The van der Waals surface area contributed by atoms with Crippen LogP contribution in [-0.2, 0) is 0 Å². The molecule has 0 atom stereocenters. The smallest absolute Gasteiger partial charge is 0.149 e. The summed E-state index contributed by atoms with van der Waals surface area (Å²) in [6, 6.07) is 23.6. The van der Waals surface area contributed by atoms with Gasteiger partial charge in [0.05, 0.1) is 5.69 Å². The number of rotatable bonds is 5. The van der Waals surface area contributed by atoms with Crippen LogP contribution in [0.25, 0.3) is 11.1 Å². The summed E-state index contributed by atoms with van der Waals surface area (Å²) in [5, 5.41) is 5.88. The number of benzene rings is 4. The molecule has 0 fully saturated rings.